The number of hydrogen-bond acceptors (Lipinski definition) is 6. The number of nitrogen functional groups attached to an aromatic ring is 1. The largest absolute Gasteiger partial charge is 0.478 e. The summed E-state index contributed by atoms with van der Waals surface area (Å²) >= 11 is 1.10. The van der Waals surface area contributed by atoms with Gasteiger partial charge in [0, 0.05) is 6.07 Å². The van der Waals surface area contributed by atoms with E-state index in [-0.39, 0.29) is 16.9 Å². The highest BCUT2D eigenvalue weighted by atomic mass is 32.2. The maximum absolute atomic E-state index is 11.2. The van der Waals surface area contributed by atoms with Crippen LogP contribution in [0.2, 0.25) is 0 Å². The Balaban J connectivity index is 2.31. The second kappa shape index (κ2) is 5.11. The van der Waals surface area contributed by atoms with E-state index in [2.05, 4.69) is 15.0 Å². The van der Waals surface area contributed by atoms with Crippen LogP contribution < -0.4 is 11.3 Å². The van der Waals surface area contributed by atoms with Crippen LogP contribution in [0.25, 0.3) is 0 Å². The van der Waals surface area contributed by atoms with Crippen molar-refractivity contribution in [2.75, 3.05) is 5.73 Å². The number of aromatic amines is 1. The van der Waals surface area contributed by atoms with Crippen molar-refractivity contribution in [3.63, 3.8) is 0 Å². The number of anilines is 1. The second-order valence-corrected chi connectivity index (χ2v) is 4.67. The lowest BCUT2D eigenvalue weighted by atomic mass is 10.2. The minimum Gasteiger partial charge on any atom is -0.478 e. The molecule has 0 amide bonds. The SMILES string of the molecule is Cc1nc(Sc2nc(N)cc(=O)[nH]2)ccc1C(=O)O. The first-order valence-corrected chi connectivity index (χ1v) is 6.03. The van der Waals surface area contributed by atoms with E-state index in [1.807, 2.05) is 0 Å². The van der Waals surface area contributed by atoms with Gasteiger partial charge in [-0.05, 0) is 30.8 Å². The van der Waals surface area contributed by atoms with Gasteiger partial charge in [-0.1, -0.05) is 0 Å². The first-order chi connectivity index (χ1) is 8.95. The molecule has 0 aliphatic rings. The number of carboxylic acid groups (broad SMARTS) is 1. The molecule has 0 radical (unpaired) electrons. The van der Waals surface area contributed by atoms with Crippen molar-refractivity contribution < 1.29 is 9.90 Å². The van der Waals surface area contributed by atoms with Gasteiger partial charge in [0.25, 0.3) is 5.56 Å². The minimum absolute atomic E-state index is 0.116. The first kappa shape index (κ1) is 13.1. The second-order valence-electron chi connectivity index (χ2n) is 3.67. The molecule has 98 valence electrons. The van der Waals surface area contributed by atoms with Gasteiger partial charge in [-0.3, -0.25) is 4.79 Å². The van der Waals surface area contributed by atoms with Gasteiger partial charge in [0.1, 0.15) is 10.8 Å². The van der Waals surface area contributed by atoms with Crippen molar-refractivity contribution >= 4 is 23.5 Å². The summed E-state index contributed by atoms with van der Waals surface area (Å²) in [6.45, 7) is 1.60. The number of aromatic nitrogens is 3. The van der Waals surface area contributed by atoms with Crippen molar-refractivity contribution in [3.05, 3.63) is 39.8 Å². The topological polar surface area (TPSA) is 122 Å². The van der Waals surface area contributed by atoms with Crippen LogP contribution in [0.3, 0.4) is 0 Å². The van der Waals surface area contributed by atoms with Crippen LogP contribution in [0, 0.1) is 6.92 Å². The standard InChI is InChI=1S/C11H10N4O3S/c1-5-6(10(17)18)2-3-9(13-5)19-11-14-7(12)4-8(16)15-11/h2-4H,1H3,(H,17,18)(H3,12,14,15,16). The molecule has 8 heteroatoms. The van der Waals surface area contributed by atoms with Gasteiger partial charge in [0.05, 0.1) is 11.3 Å². The lowest BCUT2D eigenvalue weighted by molar-refractivity contribution is 0.0695. The Morgan fingerprint density at radius 1 is 1.42 bits per heavy atom. The molecule has 2 heterocycles. The molecule has 2 rings (SSSR count). The average molecular weight is 278 g/mol. The zero-order valence-corrected chi connectivity index (χ0v) is 10.7. The number of carbonyl (C=O) groups is 1. The van der Waals surface area contributed by atoms with Crippen LogP contribution in [-0.4, -0.2) is 26.0 Å². The van der Waals surface area contributed by atoms with Crippen LogP contribution in [0.1, 0.15) is 16.1 Å². The molecule has 2 aromatic rings. The third kappa shape index (κ3) is 3.10. The molecule has 7 nitrogen and oxygen atoms in total. The third-order valence-electron chi connectivity index (χ3n) is 2.23. The molecule has 0 fully saturated rings. The molecule has 0 atom stereocenters. The predicted octanol–water partition coefficient (Wildman–Crippen LogP) is 0.905. The number of H-pyrrole nitrogens is 1. The average Bonchev–Trinajstić information content (AvgIpc) is 2.26. The van der Waals surface area contributed by atoms with Crippen molar-refractivity contribution in [2.45, 2.75) is 17.1 Å². The van der Waals surface area contributed by atoms with E-state index in [0.717, 1.165) is 11.8 Å². The Morgan fingerprint density at radius 2 is 2.16 bits per heavy atom. The molecule has 0 spiro atoms. The molecule has 19 heavy (non-hydrogen) atoms. The Kier molecular flexibility index (Phi) is 3.52. The quantitative estimate of drug-likeness (QED) is 0.713. The van der Waals surface area contributed by atoms with Crippen LogP contribution in [-0.2, 0) is 0 Å². The summed E-state index contributed by atoms with van der Waals surface area (Å²) in [5.74, 6) is -0.915. The zero-order valence-electron chi connectivity index (χ0n) is 9.88. The Labute approximate surface area is 111 Å². The van der Waals surface area contributed by atoms with Gasteiger partial charge in [-0.2, -0.15) is 0 Å². The van der Waals surface area contributed by atoms with Crippen molar-refractivity contribution in [1.29, 1.82) is 0 Å². The van der Waals surface area contributed by atoms with Gasteiger partial charge in [-0.15, -0.1) is 0 Å². The number of aromatic carboxylic acids is 1. The van der Waals surface area contributed by atoms with E-state index in [1.165, 1.54) is 12.1 Å². The van der Waals surface area contributed by atoms with E-state index >= 15 is 0 Å². The normalized spacial score (nSPS) is 10.4. The molecule has 0 unspecified atom stereocenters. The summed E-state index contributed by atoms with van der Waals surface area (Å²) in [6.07, 6.45) is 0. The molecule has 0 aliphatic carbocycles. The number of hydrogen-bond donors (Lipinski definition) is 3. The van der Waals surface area contributed by atoms with E-state index in [9.17, 15) is 9.59 Å². The Bertz CT molecular complexity index is 699. The van der Waals surface area contributed by atoms with Crippen LogP contribution in [0.15, 0.2) is 33.2 Å². The summed E-state index contributed by atoms with van der Waals surface area (Å²) in [5, 5.41) is 9.73. The molecule has 0 aliphatic heterocycles. The number of nitrogens with two attached hydrogens (primary N) is 1. The summed E-state index contributed by atoms with van der Waals surface area (Å²) in [7, 11) is 0. The van der Waals surface area contributed by atoms with Gasteiger partial charge >= 0.3 is 5.97 Å². The van der Waals surface area contributed by atoms with Crippen molar-refractivity contribution in [2.24, 2.45) is 0 Å². The highest BCUT2D eigenvalue weighted by Gasteiger charge is 2.10. The summed E-state index contributed by atoms with van der Waals surface area (Å²) in [5.41, 5.74) is 5.64. The lowest BCUT2D eigenvalue weighted by Crippen LogP contribution is -2.09. The van der Waals surface area contributed by atoms with E-state index < -0.39 is 5.97 Å². The molecule has 0 saturated heterocycles. The Morgan fingerprint density at radius 3 is 2.74 bits per heavy atom. The first-order valence-electron chi connectivity index (χ1n) is 5.21. The van der Waals surface area contributed by atoms with Crippen LogP contribution >= 0.6 is 11.8 Å². The number of rotatable bonds is 3. The predicted molar refractivity (Wildman–Crippen MR) is 69.3 cm³/mol. The molecule has 0 bridgehead atoms. The van der Waals surface area contributed by atoms with Gasteiger partial charge < -0.3 is 15.8 Å². The molecular formula is C11H10N4O3S. The smallest absolute Gasteiger partial charge is 0.337 e. The maximum atomic E-state index is 11.2. The molecule has 0 aromatic carbocycles. The molecule has 0 saturated carbocycles. The fourth-order valence-corrected chi connectivity index (χ4v) is 2.24. The number of carboxylic acids is 1. The van der Waals surface area contributed by atoms with Crippen molar-refractivity contribution in [1.82, 2.24) is 15.0 Å². The zero-order chi connectivity index (χ0) is 14.0. The monoisotopic (exact) mass is 278 g/mol. The summed E-state index contributed by atoms with van der Waals surface area (Å²) in [6, 6.07) is 4.18. The van der Waals surface area contributed by atoms with Crippen LogP contribution in [0.4, 0.5) is 5.82 Å². The number of nitrogens with zero attached hydrogens (tertiary/aromatic N) is 2. The highest BCUT2D eigenvalue weighted by Crippen LogP contribution is 2.23. The van der Waals surface area contributed by atoms with Crippen LogP contribution in [0.5, 0.6) is 0 Å². The lowest BCUT2D eigenvalue weighted by Gasteiger charge is -2.04. The minimum atomic E-state index is -1.03. The molecule has 4 N–H and O–H groups in total. The van der Waals surface area contributed by atoms with E-state index in [0.29, 0.717) is 15.9 Å². The number of nitrogens with one attached hydrogen (secondary N) is 1. The van der Waals surface area contributed by atoms with Gasteiger partial charge in [-0.25, -0.2) is 14.8 Å². The molecule has 2 aromatic heterocycles. The fraction of sp³-hybridized carbons (Fsp3) is 0.0909. The summed E-state index contributed by atoms with van der Waals surface area (Å²) < 4.78 is 0. The fourth-order valence-electron chi connectivity index (χ4n) is 1.42. The number of aryl methyl sites for hydroxylation is 1. The van der Waals surface area contributed by atoms with Crippen molar-refractivity contribution in [3.8, 4) is 0 Å². The van der Waals surface area contributed by atoms with E-state index in [4.69, 9.17) is 10.8 Å². The summed E-state index contributed by atoms with van der Waals surface area (Å²) in [4.78, 5) is 32.7. The Hall–Kier alpha value is -2.35. The maximum Gasteiger partial charge on any atom is 0.337 e. The van der Waals surface area contributed by atoms with Gasteiger partial charge in [0.2, 0.25) is 0 Å². The number of pyridine rings is 1. The molecular weight excluding hydrogens is 268 g/mol. The third-order valence-corrected chi connectivity index (χ3v) is 3.05. The van der Waals surface area contributed by atoms with Gasteiger partial charge in [0.15, 0.2) is 5.16 Å². The van der Waals surface area contributed by atoms with E-state index in [1.54, 1.807) is 13.0 Å². The highest BCUT2D eigenvalue weighted by molar-refractivity contribution is 7.99.